The summed E-state index contributed by atoms with van der Waals surface area (Å²) in [6.07, 6.45) is 7.27. The molecule has 0 amide bonds. The number of hydrogen-bond donors (Lipinski definition) is 1. The molecule has 0 saturated carbocycles. The summed E-state index contributed by atoms with van der Waals surface area (Å²) < 4.78 is 38.5. The Kier molecular flexibility index (Phi) is 13.5. The molecule has 0 fully saturated rings. The Bertz CT molecular complexity index is 1490. The number of rotatable bonds is 9. The van der Waals surface area contributed by atoms with Crippen LogP contribution in [0.1, 0.15) is 22.3 Å². The van der Waals surface area contributed by atoms with E-state index in [2.05, 4.69) is 22.3 Å². The molecule has 0 heterocycles. The maximum atomic E-state index is 11.4. The minimum absolute atomic E-state index is 0. The third kappa shape index (κ3) is 9.22. The van der Waals surface area contributed by atoms with E-state index in [4.69, 9.17) is 4.89 Å². The predicted molar refractivity (Wildman–Crippen MR) is 148 cm³/mol. The van der Waals surface area contributed by atoms with E-state index in [0.29, 0.717) is 11.3 Å². The normalized spacial score (nSPS) is 11.2. The first-order chi connectivity index (χ1) is 17.4. The van der Waals surface area contributed by atoms with Gasteiger partial charge in [-0.2, -0.15) is 0 Å². The molecule has 0 aromatic heterocycles. The Hall–Kier alpha value is -1.66. The van der Waals surface area contributed by atoms with Crippen LogP contribution < -0.4 is 34.4 Å². The van der Waals surface area contributed by atoms with Gasteiger partial charge in [-0.25, -0.2) is 8.42 Å². The minimum atomic E-state index is -4.54. The van der Waals surface area contributed by atoms with Gasteiger partial charge in [0.2, 0.25) is 0 Å². The van der Waals surface area contributed by atoms with E-state index in [1.165, 1.54) is 12.1 Å². The number of thiol groups is 1. The van der Waals surface area contributed by atoms with Crippen molar-refractivity contribution in [3.63, 3.8) is 0 Å². The average Bonchev–Trinajstić information content (AvgIpc) is 2.90. The topological polar surface area (TPSA) is 84.9 Å². The van der Waals surface area contributed by atoms with Gasteiger partial charge >= 0.3 is 29.6 Å². The number of para-hydroxylation sites is 1. The van der Waals surface area contributed by atoms with Crippen LogP contribution >= 0.6 is 12.9 Å². The van der Waals surface area contributed by atoms with Crippen LogP contribution in [-0.2, 0) is 19.5 Å². The summed E-state index contributed by atoms with van der Waals surface area (Å²) in [6, 6.07) is 29.4. The van der Waals surface area contributed by atoms with Crippen molar-refractivity contribution >= 4 is 76.9 Å². The van der Waals surface area contributed by atoms with Crippen molar-refractivity contribution in [2.75, 3.05) is 0 Å². The summed E-state index contributed by atoms with van der Waals surface area (Å²) in [4.78, 5) is 4.80. The van der Waals surface area contributed by atoms with Gasteiger partial charge in [0.25, 0.3) is 0 Å². The molecule has 0 atom stereocenters. The van der Waals surface area contributed by atoms with Crippen LogP contribution in [0.2, 0.25) is 0 Å². The smallest absolute Gasteiger partial charge is 0.744 e. The summed E-state index contributed by atoms with van der Waals surface area (Å²) in [7, 11) is -4.54. The van der Waals surface area contributed by atoms with Gasteiger partial charge in [0.1, 0.15) is 10.1 Å². The SMILES string of the molecule is O=S(=O)([O-])c1ccccc1/C=C/c1ccc(-c2ccc(/C=C/c3ccccc3OOOS)cc2)cc1.[Na+].[Na]. The molecule has 10 heteroatoms. The van der Waals surface area contributed by atoms with Gasteiger partial charge in [-0.1, -0.05) is 109 Å². The maximum Gasteiger partial charge on any atom is 1.00 e. The summed E-state index contributed by atoms with van der Waals surface area (Å²) in [5.74, 6) is 0.492. The van der Waals surface area contributed by atoms with E-state index >= 15 is 0 Å². The molecule has 0 spiro atoms. The van der Waals surface area contributed by atoms with E-state index < -0.39 is 10.1 Å². The zero-order chi connectivity index (χ0) is 25.4. The van der Waals surface area contributed by atoms with Crippen molar-refractivity contribution in [3.05, 3.63) is 119 Å². The molecule has 183 valence electrons. The third-order valence-electron chi connectivity index (χ3n) is 5.33. The van der Waals surface area contributed by atoms with Gasteiger partial charge in [-0.05, 0) is 45.0 Å². The first-order valence-electron chi connectivity index (χ1n) is 10.8. The van der Waals surface area contributed by atoms with Crippen LogP contribution in [-0.4, -0.2) is 42.5 Å². The van der Waals surface area contributed by atoms with E-state index in [0.717, 1.165) is 27.8 Å². The molecule has 4 rings (SSSR count). The minimum Gasteiger partial charge on any atom is -0.744 e. The van der Waals surface area contributed by atoms with Crippen LogP contribution in [0.5, 0.6) is 5.75 Å². The molecular formula is C28H21Na2O6S2. The second kappa shape index (κ2) is 15.8. The first kappa shape index (κ1) is 32.6. The summed E-state index contributed by atoms with van der Waals surface area (Å²) in [5, 5.41) is 4.43. The van der Waals surface area contributed by atoms with E-state index in [9.17, 15) is 13.0 Å². The fourth-order valence-corrected chi connectivity index (χ4v) is 4.24. The molecule has 0 bridgehead atoms. The average molecular weight is 564 g/mol. The van der Waals surface area contributed by atoms with Crippen molar-refractivity contribution in [2.45, 2.75) is 4.90 Å². The number of benzene rings is 4. The molecule has 4 aromatic carbocycles. The zero-order valence-electron chi connectivity index (χ0n) is 20.9. The fraction of sp³-hybridized carbons (Fsp3) is 0. The summed E-state index contributed by atoms with van der Waals surface area (Å²) >= 11 is 3.48. The molecule has 6 nitrogen and oxygen atoms in total. The van der Waals surface area contributed by atoms with E-state index in [-0.39, 0.29) is 64.0 Å². The van der Waals surface area contributed by atoms with E-state index in [1.807, 2.05) is 78.9 Å². The van der Waals surface area contributed by atoms with Crippen LogP contribution in [0.3, 0.4) is 0 Å². The summed E-state index contributed by atoms with van der Waals surface area (Å²) in [5.41, 5.74) is 5.14. The molecule has 0 aliphatic heterocycles. The second-order valence-corrected chi connectivity index (χ2v) is 9.16. The Morgan fingerprint density at radius 2 is 1.13 bits per heavy atom. The molecule has 4 aromatic rings. The van der Waals surface area contributed by atoms with Crippen molar-refractivity contribution in [1.29, 1.82) is 0 Å². The molecule has 1 radical (unpaired) electrons. The van der Waals surface area contributed by atoms with Crippen molar-refractivity contribution in [1.82, 2.24) is 0 Å². The van der Waals surface area contributed by atoms with Crippen LogP contribution in [0.4, 0.5) is 0 Å². The largest absolute Gasteiger partial charge is 1.00 e. The number of hydrogen-bond acceptors (Lipinski definition) is 7. The Balaban J connectivity index is 0.00000253. The third-order valence-corrected chi connectivity index (χ3v) is 6.30. The van der Waals surface area contributed by atoms with Crippen LogP contribution in [0, 0.1) is 0 Å². The van der Waals surface area contributed by atoms with Crippen molar-refractivity contribution in [2.24, 2.45) is 0 Å². The van der Waals surface area contributed by atoms with Gasteiger partial charge in [0.05, 0.1) is 4.90 Å². The monoisotopic (exact) mass is 563 g/mol. The van der Waals surface area contributed by atoms with Crippen molar-refractivity contribution < 1.29 is 56.8 Å². The Morgan fingerprint density at radius 3 is 1.66 bits per heavy atom. The van der Waals surface area contributed by atoms with Gasteiger partial charge in [-0.3, -0.25) is 0 Å². The first-order valence-corrected chi connectivity index (χ1v) is 12.6. The van der Waals surface area contributed by atoms with Gasteiger partial charge < -0.3 is 9.44 Å². The molecule has 0 unspecified atom stereocenters. The summed E-state index contributed by atoms with van der Waals surface area (Å²) in [6.45, 7) is 0. The quantitative estimate of drug-likeness (QED) is 0.0640. The molecule has 38 heavy (non-hydrogen) atoms. The Morgan fingerprint density at radius 1 is 0.658 bits per heavy atom. The molecule has 0 aliphatic carbocycles. The van der Waals surface area contributed by atoms with E-state index in [1.54, 1.807) is 30.4 Å². The molecule has 0 saturated heterocycles. The standard InChI is InChI=1S/C28H22O6S2.2Na/c29-36(30,31)28-8-4-2-6-26(28)20-14-22-11-17-24(18-12-22)23-15-9-21(10-16-23)13-19-25-5-1-3-7-27(25)32-33-34-35;;/h1-20,35H,(H,29,30,31);;/q;;+1/p-1/b19-13+,20-14+;;. The van der Waals surface area contributed by atoms with Gasteiger partial charge in [0.15, 0.2) is 5.75 Å². The molecular weight excluding hydrogens is 542 g/mol. The fourth-order valence-electron chi connectivity index (χ4n) is 3.54. The van der Waals surface area contributed by atoms with Gasteiger partial charge in [0, 0.05) is 48.0 Å². The molecule has 0 aliphatic rings. The van der Waals surface area contributed by atoms with Crippen LogP contribution in [0.25, 0.3) is 35.4 Å². The van der Waals surface area contributed by atoms with Crippen molar-refractivity contribution in [3.8, 4) is 16.9 Å². The van der Waals surface area contributed by atoms with Crippen LogP contribution in [0.15, 0.2) is 102 Å². The zero-order valence-corrected chi connectivity index (χ0v) is 26.6. The predicted octanol–water partition coefficient (Wildman–Crippen LogP) is 3.31. The molecule has 0 N–H and O–H groups in total. The van der Waals surface area contributed by atoms with Gasteiger partial charge in [-0.15, -0.1) is 4.33 Å². The maximum absolute atomic E-state index is 11.4. The second-order valence-electron chi connectivity index (χ2n) is 7.67. The Labute approximate surface area is 272 Å².